The molecule has 1 heterocycles. The summed E-state index contributed by atoms with van der Waals surface area (Å²) in [5, 5.41) is 9.87. The van der Waals surface area contributed by atoms with Crippen LogP contribution in [-0.2, 0) is 21.1 Å². The second-order valence-electron chi connectivity index (χ2n) is 6.45. The monoisotopic (exact) mass is 414 g/mol. The van der Waals surface area contributed by atoms with Crippen LogP contribution in [0.5, 0.6) is 0 Å². The van der Waals surface area contributed by atoms with Crippen molar-refractivity contribution in [3.8, 4) is 0 Å². The number of nitrogens with zero attached hydrogens (tertiary/aromatic N) is 1. The number of hydrogen-bond acceptors (Lipinski definition) is 4. The number of halogens is 1. The predicted molar refractivity (Wildman–Crippen MR) is 109 cm³/mol. The number of carbonyl (C=O) groups excluding carboxylic acids is 1. The molecule has 3 N–H and O–H groups in total. The second-order valence-corrected chi connectivity index (χ2v) is 9.08. The lowest BCUT2D eigenvalue weighted by Crippen LogP contribution is -2.39. The van der Waals surface area contributed by atoms with E-state index in [0.29, 0.717) is 32.0 Å². The van der Waals surface area contributed by atoms with E-state index in [-0.39, 0.29) is 29.9 Å². The molecular weight excluding hydrogens is 388 g/mol. The largest absolute Gasteiger partial charge is 0.357 e. The molecule has 1 aromatic carbocycles. The molecule has 7 nitrogen and oxygen atoms in total. The standard InChI is InChI=1S/C18H27ClN4O3S/c1-2-20-18(21-10-7-14-5-3-4-6-16(14)19)22-11-8-17(24)23-15-9-12-27(25,26)13-15/h3-6,15H,2,7-13H2,1H3,(H,23,24)(H2,20,21,22). The van der Waals surface area contributed by atoms with E-state index in [9.17, 15) is 13.2 Å². The predicted octanol–water partition coefficient (Wildman–Crippen LogP) is 1.13. The molecule has 150 valence electrons. The topological polar surface area (TPSA) is 99.7 Å². The van der Waals surface area contributed by atoms with Crippen LogP contribution in [0.3, 0.4) is 0 Å². The summed E-state index contributed by atoms with van der Waals surface area (Å²) in [7, 11) is -2.99. The maximum Gasteiger partial charge on any atom is 0.222 e. The van der Waals surface area contributed by atoms with E-state index < -0.39 is 9.84 Å². The van der Waals surface area contributed by atoms with Crippen molar-refractivity contribution in [2.45, 2.75) is 32.2 Å². The zero-order chi connectivity index (χ0) is 19.7. The van der Waals surface area contributed by atoms with Gasteiger partial charge in [-0.3, -0.25) is 9.79 Å². The number of hydrogen-bond donors (Lipinski definition) is 3. The van der Waals surface area contributed by atoms with Gasteiger partial charge in [-0.1, -0.05) is 29.8 Å². The highest BCUT2D eigenvalue weighted by Crippen LogP contribution is 2.14. The molecule has 9 heteroatoms. The number of aliphatic imine (C=N–C) groups is 1. The fraction of sp³-hybridized carbons (Fsp3) is 0.556. The minimum absolute atomic E-state index is 0.0360. The summed E-state index contributed by atoms with van der Waals surface area (Å²) >= 11 is 6.15. The van der Waals surface area contributed by atoms with E-state index in [0.717, 1.165) is 17.0 Å². The highest BCUT2D eigenvalue weighted by atomic mass is 35.5. The molecule has 1 amide bonds. The summed E-state index contributed by atoms with van der Waals surface area (Å²) in [6.45, 7) is 3.68. The van der Waals surface area contributed by atoms with Crippen molar-refractivity contribution in [2.24, 2.45) is 4.99 Å². The summed E-state index contributed by atoms with van der Waals surface area (Å²) in [6, 6.07) is 7.44. The summed E-state index contributed by atoms with van der Waals surface area (Å²) in [5.74, 6) is 0.651. The van der Waals surface area contributed by atoms with Gasteiger partial charge in [0.05, 0.1) is 18.1 Å². The Hall–Kier alpha value is -1.80. The van der Waals surface area contributed by atoms with Crippen molar-refractivity contribution in [3.05, 3.63) is 34.9 Å². The molecule has 1 aliphatic rings. The lowest BCUT2D eigenvalue weighted by Gasteiger charge is -2.12. The van der Waals surface area contributed by atoms with Crippen LogP contribution in [0.15, 0.2) is 29.3 Å². The molecule has 0 bridgehead atoms. The molecule has 2 rings (SSSR count). The quantitative estimate of drug-likeness (QED) is 0.437. The van der Waals surface area contributed by atoms with Crippen LogP contribution in [0.4, 0.5) is 0 Å². The molecular formula is C18H27ClN4O3S. The maximum absolute atomic E-state index is 12.0. The second kappa shape index (κ2) is 10.5. The summed E-state index contributed by atoms with van der Waals surface area (Å²) in [5.41, 5.74) is 1.06. The Kier molecular flexibility index (Phi) is 8.37. The van der Waals surface area contributed by atoms with Crippen molar-refractivity contribution in [1.82, 2.24) is 16.0 Å². The van der Waals surface area contributed by atoms with Crippen molar-refractivity contribution in [3.63, 3.8) is 0 Å². The van der Waals surface area contributed by atoms with Gasteiger partial charge in [-0.15, -0.1) is 0 Å². The number of nitrogens with one attached hydrogen (secondary N) is 3. The normalized spacial score (nSPS) is 18.9. The van der Waals surface area contributed by atoms with Gasteiger partial charge in [0.2, 0.25) is 5.91 Å². The molecule has 1 fully saturated rings. The number of benzene rings is 1. The molecule has 0 radical (unpaired) electrons. The number of rotatable bonds is 8. The Balaban J connectivity index is 1.74. The van der Waals surface area contributed by atoms with E-state index in [2.05, 4.69) is 20.9 Å². The highest BCUT2D eigenvalue weighted by Gasteiger charge is 2.28. The zero-order valence-electron chi connectivity index (χ0n) is 15.5. The Bertz CT molecular complexity index is 768. The summed E-state index contributed by atoms with van der Waals surface area (Å²) in [6.07, 6.45) is 1.47. The third-order valence-electron chi connectivity index (χ3n) is 4.20. The minimum atomic E-state index is -2.99. The number of carbonyl (C=O) groups is 1. The molecule has 0 aromatic heterocycles. The first-order valence-electron chi connectivity index (χ1n) is 9.15. The summed E-state index contributed by atoms with van der Waals surface area (Å²) in [4.78, 5) is 16.3. The van der Waals surface area contributed by atoms with E-state index in [1.807, 2.05) is 31.2 Å². The van der Waals surface area contributed by atoms with Gasteiger partial charge in [0, 0.05) is 30.6 Å². The Morgan fingerprint density at radius 1 is 1.30 bits per heavy atom. The van der Waals surface area contributed by atoms with Gasteiger partial charge < -0.3 is 16.0 Å². The molecule has 1 saturated heterocycles. The molecule has 1 aromatic rings. The number of amides is 1. The van der Waals surface area contributed by atoms with Crippen LogP contribution >= 0.6 is 11.6 Å². The lowest BCUT2D eigenvalue weighted by atomic mass is 10.1. The van der Waals surface area contributed by atoms with E-state index in [1.165, 1.54) is 0 Å². The van der Waals surface area contributed by atoms with E-state index in [4.69, 9.17) is 11.6 Å². The third kappa shape index (κ3) is 7.76. The van der Waals surface area contributed by atoms with Gasteiger partial charge in [0.25, 0.3) is 0 Å². The van der Waals surface area contributed by atoms with Crippen LogP contribution in [0.25, 0.3) is 0 Å². The Labute approximate surface area is 165 Å². The Morgan fingerprint density at radius 2 is 2.07 bits per heavy atom. The molecule has 27 heavy (non-hydrogen) atoms. The van der Waals surface area contributed by atoms with Gasteiger partial charge in [-0.2, -0.15) is 0 Å². The molecule has 0 spiro atoms. The van der Waals surface area contributed by atoms with Crippen molar-refractivity contribution < 1.29 is 13.2 Å². The van der Waals surface area contributed by atoms with Crippen LogP contribution < -0.4 is 16.0 Å². The van der Waals surface area contributed by atoms with Crippen molar-refractivity contribution in [1.29, 1.82) is 0 Å². The molecule has 1 aliphatic heterocycles. The van der Waals surface area contributed by atoms with Crippen molar-refractivity contribution >= 4 is 33.3 Å². The average molecular weight is 415 g/mol. The van der Waals surface area contributed by atoms with Crippen molar-refractivity contribution in [2.75, 3.05) is 31.1 Å². The van der Waals surface area contributed by atoms with Gasteiger partial charge in [-0.05, 0) is 31.4 Å². The van der Waals surface area contributed by atoms with Crippen LogP contribution in [0.1, 0.15) is 25.3 Å². The third-order valence-corrected chi connectivity index (χ3v) is 6.33. The fourth-order valence-corrected chi connectivity index (χ4v) is 4.74. The molecule has 1 atom stereocenters. The zero-order valence-corrected chi connectivity index (χ0v) is 17.1. The number of sulfone groups is 1. The van der Waals surface area contributed by atoms with Crippen LogP contribution in [0, 0.1) is 0 Å². The van der Waals surface area contributed by atoms with E-state index >= 15 is 0 Å². The first-order valence-corrected chi connectivity index (χ1v) is 11.3. The first kappa shape index (κ1) is 21.5. The SMILES string of the molecule is CCNC(=NCCC(=O)NC1CCS(=O)(=O)C1)NCCc1ccccc1Cl. The number of guanidine groups is 1. The molecule has 0 saturated carbocycles. The first-order chi connectivity index (χ1) is 12.9. The highest BCUT2D eigenvalue weighted by molar-refractivity contribution is 7.91. The van der Waals surface area contributed by atoms with Crippen LogP contribution in [0.2, 0.25) is 5.02 Å². The Morgan fingerprint density at radius 3 is 2.74 bits per heavy atom. The van der Waals surface area contributed by atoms with E-state index in [1.54, 1.807) is 0 Å². The molecule has 0 aliphatic carbocycles. The van der Waals surface area contributed by atoms with Gasteiger partial charge in [0.1, 0.15) is 0 Å². The average Bonchev–Trinajstić information content (AvgIpc) is 2.95. The smallest absolute Gasteiger partial charge is 0.222 e. The van der Waals surface area contributed by atoms with Crippen LogP contribution in [-0.4, -0.2) is 57.5 Å². The van der Waals surface area contributed by atoms with Gasteiger partial charge in [0.15, 0.2) is 15.8 Å². The minimum Gasteiger partial charge on any atom is -0.357 e. The lowest BCUT2D eigenvalue weighted by molar-refractivity contribution is -0.121. The fourth-order valence-electron chi connectivity index (χ4n) is 2.84. The summed E-state index contributed by atoms with van der Waals surface area (Å²) < 4.78 is 22.8. The van der Waals surface area contributed by atoms with Gasteiger partial charge in [-0.25, -0.2) is 8.42 Å². The van der Waals surface area contributed by atoms with Gasteiger partial charge >= 0.3 is 0 Å². The molecule has 1 unspecified atom stereocenters. The maximum atomic E-state index is 12.0.